The summed E-state index contributed by atoms with van der Waals surface area (Å²) in [4.78, 5) is 19.9. The van der Waals surface area contributed by atoms with Gasteiger partial charge in [0.1, 0.15) is 0 Å². The molecule has 10 nitrogen and oxygen atoms in total. The highest BCUT2D eigenvalue weighted by Crippen LogP contribution is 2.42. The van der Waals surface area contributed by atoms with Crippen LogP contribution in [-0.2, 0) is 22.7 Å². The minimum absolute atomic E-state index is 0.0477. The molecule has 0 unspecified atom stereocenters. The lowest BCUT2D eigenvalue weighted by Crippen LogP contribution is -2.26. The number of rotatable bonds is 3. The number of alkyl halides is 3. The molecule has 0 saturated heterocycles. The van der Waals surface area contributed by atoms with Crippen LogP contribution in [0.3, 0.4) is 0 Å². The fourth-order valence-corrected chi connectivity index (χ4v) is 7.66. The number of aromatic nitrogens is 4. The molecule has 0 N–H and O–H groups in total. The molecule has 2 heterocycles. The van der Waals surface area contributed by atoms with Gasteiger partial charge < -0.3 is 0 Å². The lowest BCUT2D eigenvalue weighted by Gasteiger charge is -2.14. The summed E-state index contributed by atoms with van der Waals surface area (Å²) >= 11 is 0. The molecule has 0 fully saturated rings. The largest absolute Gasteiger partial charge is 0.502 e. The van der Waals surface area contributed by atoms with E-state index in [0.717, 1.165) is 13.1 Å². The van der Waals surface area contributed by atoms with Crippen LogP contribution in [0, 0.1) is 89.3 Å². The van der Waals surface area contributed by atoms with E-state index >= 15 is 17.6 Å². The smallest absolute Gasteiger partial charge is 0.252 e. The van der Waals surface area contributed by atoms with E-state index in [9.17, 15) is 49.7 Å². The number of benzene rings is 3. The fourth-order valence-electron chi connectivity index (χ4n) is 6.78. The number of hydrogen-bond donors (Lipinski definition) is 0. The molecule has 0 saturated carbocycles. The zero-order valence-corrected chi connectivity index (χ0v) is 28.8. The van der Waals surface area contributed by atoms with Gasteiger partial charge >= 0.3 is 5.51 Å². The van der Waals surface area contributed by atoms with E-state index in [-0.39, 0.29) is 55.5 Å². The molecule has 0 bridgehead atoms. The maximum Gasteiger partial charge on any atom is 0.502 e. The normalized spacial score (nSPS) is 13.7. The third kappa shape index (κ3) is 5.22. The summed E-state index contributed by atoms with van der Waals surface area (Å²) in [7, 11) is -6.96. The molecule has 0 spiro atoms. The summed E-state index contributed by atoms with van der Waals surface area (Å²) in [6.45, 7) is 16.3. The third-order valence-electron chi connectivity index (χ3n) is 9.26. The van der Waals surface area contributed by atoms with E-state index in [1.807, 2.05) is 0 Å². The van der Waals surface area contributed by atoms with E-state index in [0.29, 0.717) is 6.20 Å². The molecule has 0 radical (unpaired) electrons. The van der Waals surface area contributed by atoms with E-state index in [4.69, 9.17) is 13.1 Å². The van der Waals surface area contributed by atoms with Crippen LogP contribution in [-0.4, -0.2) is 33.9 Å². The van der Waals surface area contributed by atoms with Crippen LogP contribution in [0.15, 0.2) is 17.3 Å². The summed E-state index contributed by atoms with van der Waals surface area (Å²) in [6, 6.07) is 3.34. The lowest BCUT2D eigenvalue weighted by atomic mass is 9.92. The Morgan fingerprint density at radius 2 is 1.02 bits per heavy atom. The molecule has 58 heavy (non-hydrogen) atoms. The van der Waals surface area contributed by atoms with Gasteiger partial charge in [-0.1, -0.05) is 0 Å². The maximum atomic E-state index is 15.3. The summed E-state index contributed by atoms with van der Waals surface area (Å²) in [5.74, 6) is -18.1. The number of sulfone groups is 1. The number of nitrogens with zero attached hydrogens (tertiary/aromatic N) is 8. The number of hydrogen-bond acceptors (Lipinski definition) is 8. The van der Waals surface area contributed by atoms with Gasteiger partial charge in [0.2, 0.25) is 0 Å². The SMILES string of the molecule is [C-]#[N+]/C(C#N)=c1/c2c(/c(=C(\C#N)[N+]#[C-])c3c1-c1ncc(-c4c(F)c(F)c(C)c(F)c4F)nc1C3)-c1ncc(-c3c(F)c(F)c(S(=O)(=O)C(F)(F)F)c(F)c3F)nc1C2. The highest BCUT2D eigenvalue weighted by atomic mass is 32.2. The van der Waals surface area contributed by atoms with E-state index in [2.05, 4.69) is 29.6 Å². The topological polar surface area (TPSA) is 142 Å². The predicted octanol–water partition coefficient (Wildman–Crippen LogP) is 6.56. The standard InChI is InChI=1S/C36H9F11N8O2S/c1-10-25(37)27(39)23(28(40)26(10)38)17-8-52-33-13(54-17)4-11-19(15(6-48)50-2)22-12(20(21(11)33)16(7-49)51-3)5-14-34(22)53-9-18(55-14)24-29(41)31(43)35(32(44)30(24)42)58(56,57)36(45,46)47/h8-9H,4-5H2,1H3/b19-15+,20-16-. The summed E-state index contributed by atoms with van der Waals surface area (Å²) in [6.07, 6.45) is 0.141. The van der Waals surface area contributed by atoms with E-state index < -0.39 is 119 Å². The Labute approximate surface area is 315 Å². The summed E-state index contributed by atoms with van der Waals surface area (Å²) in [5.41, 5.74) is -14.9. The third-order valence-corrected chi connectivity index (χ3v) is 10.8. The van der Waals surface area contributed by atoms with Gasteiger partial charge in [-0.25, -0.2) is 73.7 Å². The Kier molecular flexibility index (Phi) is 8.83. The van der Waals surface area contributed by atoms with Crippen LogP contribution in [0.4, 0.5) is 48.3 Å². The molecule has 288 valence electrons. The van der Waals surface area contributed by atoms with Crippen LogP contribution < -0.4 is 10.4 Å². The van der Waals surface area contributed by atoms with Gasteiger partial charge in [0.25, 0.3) is 21.2 Å². The molecular weight excluding hydrogens is 817 g/mol. The predicted molar refractivity (Wildman–Crippen MR) is 173 cm³/mol. The van der Waals surface area contributed by atoms with Crippen LogP contribution in [0.1, 0.15) is 28.1 Å². The van der Waals surface area contributed by atoms with Crippen molar-refractivity contribution in [1.29, 1.82) is 10.5 Å². The molecule has 2 aliphatic carbocycles. The quantitative estimate of drug-likeness (QED) is 0.111. The summed E-state index contributed by atoms with van der Waals surface area (Å²) < 4.78 is 182. The van der Waals surface area contributed by atoms with Gasteiger partial charge in [0.05, 0.1) is 83.0 Å². The maximum absolute atomic E-state index is 15.3. The van der Waals surface area contributed by atoms with Gasteiger partial charge in [-0.05, 0) is 18.1 Å². The van der Waals surface area contributed by atoms with Gasteiger partial charge in [-0.3, -0.25) is 9.97 Å². The van der Waals surface area contributed by atoms with Crippen LogP contribution >= 0.6 is 0 Å². The first kappa shape index (κ1) is 39.0. The van der Waals surface area contributed by atoms with Crippen molar-refractivity contribution in [3.8, 4) is 57.2 Å². The van der Waals surface area contributed by atoms with Crippen molar-refractivity contribution < 1.29 is 56.7 Å². The Balaban J connectivity index is 1.50. The zero-order valence-electron chi connectivity index (χ0n) is 28.0. The number of nitriles is 2. The Hall–Kier alpha value is -7.30. The molecule has 2 aliphatic rings. The molecule has 0 amide bonds. The first-order chi connectivity index (χ1) is 27.3. The van der Waals surface area contributed by atoms with Crippen LogP contribution in [0.25, 0.3) is 66.1 Å². The first-order valence-corrected chi connectivity index (χ1v) is 17.0. The van der Waals surface area contributed by atoms with Crippen molar-refractivity contribution in [1.82, 2.24) is 19.9 Å². The van der Waals surface area contributed by atoms with Crippen molar-refractivity contribution in [3.63, 3.8) is 0 Å². The molecule has 0 atom stereocenters. The minimum Gasteiger partial charge on any atom is -0.252 e. The second-order valence-electron chi connectivity index (χ2n) is 12.2. The van der Waals surface area contributed by atoms with Crippen LogP contribution in [0.2, 0.25) is 0 Å². The number of fused-ring (bicyclic) bond motifs is 6. The van der Waals surface area contributed by atoms with Crippen molar-refractivity contribution in [3.05, 3.63) is 120 Å². The second-order valence-corrected chi connectivity index (χ2v) is 14.1. The van der Waals surface area contributed by atoms with Crippen LogP contribution in [0.5, 0.6) is 0 Å². The Bertz CT molecular complexity index is 3140. The average molecular weight is 827 g/mol. The molecule has 22 heteroatoms. The first-order valence-electron chi connectivity index (χ1n) is 15.5. The highest BCUT2D eigenvalue weighted by molar-refractivity contribution is 7.92. The van der Waals surface area contributed by atoms with Gasteiger partial charge in [0, 0.05) is 40.0 Å². The van der Waals surface area contributed by atoms with E-state index in [1.54, 1.807) is 12.1 Å². The molecular formula is C36H9F11N8O2S. The highest BCUT2D eigenvalue weighted by Gasteiger charge is 2.52. The monoisotopic (exact) mass is 826 g/mol. The Morgan fingerprint density at radius 3 is 1.34 bits per heavy atom. The summed E-state index contributed by atoms with van der Waals surface area (Å²) in [5, 5.41) is 19.6. The van der Waals surface area contributed by atoms with Crippen molar-refractivity contribution >= 4 is 21.2 Å². The molecule has 2 aromatic heterocycles. The van der Waals surface area contributed by atoms with E-state index in [1.165, 1.54) is 0 Å². The van der Waals surface area contributed by atoms with Gasteiger partial charge in [-0.15, -0.1) is 0 Å². The molecule has 5 aromatic rings. The molecule has 7 rings (SSSR count). The van der Waals surface area contributed by atoms with Crippen molar-refractivity contribution in [2.45, 2.75) is 30.2 Å². The van der Waals surface area contributed by atoms with Gasteiger partial charge in [-0.2, -0.15) is 13.2 Å². The second kappa shape index (κ2) is 13.1. The average Bonchev–Trinajstić information content (AvgIpc) is 3.75. The lowest BCUT2D eigenvalue weighted by molar-refractivity contribution is -0.0440. The molecule has 0 aliphatic heterocycles. The zero-order chi connectivity index (χ0) is 42.5. The van der Waals surface area contributed by atoms with Gasteiger partial charge in [0.15, 0.2) is 51.4 Å². The number of halogens is 11. The fraction of sp³-hybridized carbons (Fsp3) is 0.111. The van der Waals surface area contributed by atoms with Crippen molar-refractivity contribution in [2.75, 3.05) is 0 Å². The molecule has 3 aromatic carbocycles. The Morgan fingerprint density at radius 1 is 0.655 bits per heavy atom. The van der Waals surface area contributed by atoms with Crippen molar-refractivity contribution in [2.24, 2.45) is 0 Å². The minimum atomic E-state index is -6.96.